The third-order valence-corrected chi connectivity index (χ3v) is 9.80. The van der Waals surface area contributed by atoms with E-state index in [9.17, 15) is 18.3 Å². The van der Waals surface area contributed by atoms with Crippen LogP contribution in [0, 0.1) is 0 Å². The maximum atomic E-state index is 12.9. The molecule has 1 fully saturated rings. The minimum Gasteiger partial charge on any atom is -0.481 e. The van der Waals surface area contributed by atoms with Crippen LogP contribution >= 0.6 is 11.3 Å². The smallest absolute Gasteiger partial charge is 0.305 e. The minimum absolute atomic E-state index is 0.0454. The van der Waals surface area contributed by atoms with Crippen LogP contribution in [0.4, 0.5) is 5.69 Å². The number of benzene rings is 2. The van der Waals surface area contributed by atoms with Crippen LogP contribution in [0.5, 0.6) is 0 Å². The highest BCUT2D eigenvalue weighted by Gasteiger charge is 2.49. The molecule has 1 aromatic heterocycles. The van der Waals surface area contributed by atoms with E-state index in [1.54, 1.807) is 6.07 Å². The molecule has 3 aromatic rings. The lowest BCUT2D eigenvalue weighted by atomic mass is 9.95. The highest BCUT2D eigenvalue weighted by Crippen LogP contribution is 2.47. The zero-order chi connectivity index (χ0) is 21.4. The summed E-state index contributed by atoms with van der Waals surface area (Å²) in [6, 6.07) is 19.4. The normalized spacial score (nSPS) is 20.7. The fraction of sp³-hybridized carbons (Fsp3) is 0.261. The molecule has 0 aliphatic carbocycles. The number of carboxylic acid groups (broad SMARTS) is 1. The van der Waals surface area contributed by atoms with E-state index in [2.05, 4.69) is 0 Å². The Labute approximate surface area is 180 Å². The van der Waals surface area contributed by atoms with Crippen LogP contribution < -0.4 is 5.73 Å². The number of nitrogens with two attached hydrogens (primary N) is 1. The molecule has 0 radical (unpaired) electrons. The second-order valence-corrected chi connectivity index (χ2v) is 11.2. The van der Waals surface area contributed by atoms with Crippen molar-refractivity contribution in [3.63, 3.8) is 0 Å². The Balaban J connectivity index is 1.67. The fourth-order valence-corrected chi connectivity index (χ4v) is 7.88. The van der Waals surface area contributed by atoms with Gasteiger partial charge in [0.05, 0.1) is 12.2 Å². The van der Waals surface area contributed by atoms with Gasteiger partial charge in [-0.05, 0) is 53.8 Å². The molecule has 30 heavy (non-hydrogen) atoms. The Morgan fingerprint density at radius 2 is 1.53 bits per heavy atom. The van der Waals surface area contributed by atoms with Gasteiger partial charge in [0.15, 0.2) is 9.84 Å². The highest BCUT2D eigenvalue weighted by molar-refractivity contribution is 7.92. The zero-order valence-corrected chi connectivity index (χ0v) is 18.0. The Morgan fingerprint density at radius 1 is 0.933 bits per heavy atom. The molecule has 1 saturated heterocycles. The molecule has 0 amide bonds. The number of nitrogen functional groups attached to an aromatic ring is 1. The molecule has 5 nitrogen and oxygen atoms in total. The van der Waals surface area contributed by atoms with Crippen LogP contribution in [0.25, 0.3) is 21.6 Å². The summed E-state index contributed by atoms with van der Waals surface area (Å²) in [5, 5.41) is 9.44. The van der Waals surface area contributed by atoms with Crippen molar-refractivity contribution in [2.24, 2.45) is 0 Å². The number of anilines is 1. The lowest BCUT2D eigenvalue weighted by Gasteiger charge is -2.34. The highest BCUT2D eigenvalue weighted by atomic mass is 32.2. The van der Waals surface area contributed by atoms with Crippen LogP contribution in [0.3, 0.4) is 0 Å². The summed E-state index contributed by atoms with van der Waals surface area (Å²) in [6.07, 6.45) is 1.29. The van der Waals surface area contributed by atoms with Gasteiger partial charge in [0.1, 0.15) is 4.75 Å². The molecule has 0 spiro atoms. The van der Waals surface area contributed by atoms with E-state index >= 15 is 0 Å². The van der Waals surface area contributed by atoms with Crippen molar-refractivity contribution >= 4 is 32.8 Å². The Hall–Kier alpha value is -2.64. The number of rotatable bonds is 5. The van der Waals surface area contributed by atoms with Gasteiger partial charge in [-0.1, -0.05) is 42.8 Å². The molecule has 1 aliphatic rings. The summed E-state index contributed by atoms with van der Waals surface area (Å²) in [5.74, 6) is -1.03. The summed E-state index contributed by atoms with van der Waals surface area (Å²) in [6.45, 7) is 0. The van der Waals surface area contributed by atoms with Gasteiger partial charge >= 0.3 is 5.97 Å². The SMILES string of the molecule is Nc1ccc(-c2ccc(-c3ccc([C@@]4(CC(=O)O)CCCCS4(=O)=O)s3)cc2)cc1. The second-order valence-electron chi connectivity index (χ2n) is 7.70. The summed E-state index contributed by atoms with van der Waals surface area (Å²) < 4.78 is 24.6. The van der Waals surface area contributed by atoms with Gasteiger partial charge < -0.3 is 10.8 Å². The van der Waals surface area contributed by atoms with Crippen molar-refractivity contribution in [3.05, 3.63) is 65.5 Å². The van der Waals surface area contributed by atoms with Crippen molar-refractivity contribution < 1.29 is 18.3 Å². The Morgan fingerprint density at radius 3 is 2.13 bits per heavy atom. The van der Waals surface area contributed by atoms with Crippen molar-refractivity contribution in [1.29, 1.82) is 0 Å². The van der Waals surface area contributed by atoms with Crippen LogP contribution in [0.15, 0.2) is 60.7 Å². The summed E-state index contributed by atoms with van der Waals surface area (Å²) in [4.78, 5) is 13.1. The summed E-state index contributed by atoms with van der Waals surface area (Å²) in [5.41, 5.74) is 9.57. The van der Waals surface area contributed by atoms with E-state index in [0.717, 1.165) is 33.7 Å². The third kappa shape index (κ3) is 3.75. The molecule has 4 rings (SSSR count). The monoisotopic (exact) mass is 441 g/mol. The molecule has 1 atom stereocenters. The lowest BCUT2D eigenvalue weighted by Crippen LogP contribution is -2.41. The van der Waals surface area contributed by atoms with Crippen LogP contribution in [0.2, 0.25) is 0 Å². The first-order valence-corrected chi connectivity index (χ1v) is 12.3. The molecule has 156 valence electrons. The molecule has 1 aliphatic heterocycles. The molecule has 2 heterocycles. The lowest BCUT2D eigenvalue weighted by molar-refractivity contribution is -0.137. The van der Waals surface area contributed by atoms with E-state index < -0.39 is 20.6 Å². The van der Waals surface area contributed by atoms with E-state index in [1.807, 2.05) is 54.6 Å². The van der Waals surface area contributed by atoms with Gasteiger partial charge in [-0.3, -0.25) is 4.79 Å². The first-order chi connectivity index (χ1) is 14.3. The molecule has 0 unspecified atom stereocenters. The van der Waals surface area contributed by atoms with E-state index in [4.69, 9.17) is 5.73 Å². The maximum Gasteiger partial charge on any atom is 0.305 e. The van der Waals surface area contributed by atoms with Crippen LogP contribution in [-0.4, -0.2) is 25.2 Å². The van der Waals surface area contributed by atoms with Gasteiger partial charge in [-0.25, -0.2) is 8.42 Å². The van der Waals surface area contributed by atoms with Gasteiger partial charge in [-0.2, -0.15) is 0 Å². The molecule has 0 saturated carbocycles. The Kier molecular flexibility index (Phi) is 5.42. The predicted molar refractivity (Wildman–Crippen MR) is 121 cm³/mol. The number of thiophene rings is 1. The van der Waals surface area contributed by atoms with Crippen LogP contribution in [0.1, 0.15) is 30.6 Å². The summed E-state index contributed by atoms with van der Waals surface area (Å²) in [7, 11) is -3.53. The topological polar surface area (TPSA) is 97.5 Å². The molecular weight excluding hydrogens is 418 g/mol. The first-order valence-electron chi connectivity index (χ1n) is 9.81. The van der Waals surface area contributed by atoms with E-state index in [0.29, 0.717) is 17.7 Å². The van der Waals surface area contributed by atoms with Crippen molar-refractivity contribution in [3.8, 4) is 21.6 Å². The van der Waals surface area contributed by atoms with Gasteiger partial charge in [-0.15, -0.1) is 11.3 Å². The number of carbonyl (C=O) groups is 1. The minimum atomic E-state index is -3.53. The van der Waals surface area contributed by atoms with Gasteiger partial charge in [0, 0.05) is 15.4 Å². The molecule has 0 bridgehead atoms. The van der Waals surface area contributed by atoms with Crippen molar-refractivity contribution in [1.82, 2.24) is 0 Å². The standard InChI is InChI=1S/C23H23NO4S2/c24-19-9-7-17(8-10-19)16-3-5-18(6-4-16)20-11-12-21(29-20)23(15-22(25)26)13-1-2-14-30(23,27)28/h3-12H,1-2,13-15,24H2,(H,25,26)/t23-/m0/s1. The average molecular weight is 442 g/mol. The quantitative estimate of drug-likeness (QED) is 0.547. The fourth-order valence-electron chi connectivity index (χ4n) is 4.10. The van der Waals surface area contributed by atoms with Gasteiger partial charge in [0.2, 0.25) is 0 Å². The second kappa shape index (κ2) is 7.89. The number of hydrogen-bond acceptors (Lipinski definition) is 5. The van der Waals surface area contributed by atoms with E-state index in [-0.39, 0.29) is 12.2 Å². The van der Waals surface area contributed by atoms with Crippen molar-refractivity contribution in [2.75, 3.05) is 11.5 Å². The molecule has 2 aromatic carbocycles. The molecular formula is C23H23NO4S2. The average Bonchev–Trinajstić information content (AvgIpc) is 3.21. The number of aliphatic carboxylic acids is 1. The largest absolute Gasteiger partial charge is 0.481 e. The number of carboxylic acids is 1. The predicted octanol–water partition coefficient (Wildman–Crippen LogP) is 4.93. The zero-order valence-electron chi connectivity index (χ0n) is 16.4. The van der Waals surface area contributed by atoms with E-state index in [1.165, 1.54) is 11.3 Å². The maximum absolute atomic E-state index is 12.9. The number of hydrogen-bond donors (Lipinski definition) is 2. The molecule has 7 heteroatoms. The Bertz CT molecular complexity index is 1160. The summed E-state index contributed by atoms with van der Waals surface area (Å²) >= 11 is 1.38. The third-order valence-electron chi connectivity index (χ3n) is 5.74. The van der Waals surface area contributed by atoms with Crippen molar-refractivity contribution in [2.45, 2.75) is 30.4 Å². The first kappa shape index (κ1) is 20.6. The van der Waals surface area contributed by atoms with Gasteiger partial charge in [0.25, 0.3) is 0 Å². The van der Waals surface area contributed by atoms with Crippen LogP contribution in [-0.2, 0) is 19.4 Å². The number of sulfone groups is 1. The molecule has 3 N–H and O–H groups in total.